The van der Waals surface area contributed by atoms with Crippen LogP contribution in [0.15, 0.2) is 17.0 Å². The van der Waals surface area contributed by atoms with Crippen molar-refractivity contribution in [3.8, 4) is 0 Å². The van der Waals surface area contributed by atoms with Gasteiger partial charge in [0.25, 0.3) is 0 Å². The number of amides is 1. The van der Waals surface area contributed by atoms with Gasteiger partial charge in [-0.1, -0.05) is 6.92 Å². The second kappa shape index (κ2) is 5.20. The van der Waals surface area contributed by atoms with E-state index in [-0.39, 0.29) is 17.3 Å². The highest BCUT2D eigenvalue weighted by Crippen LogP contribution is 2.36. The van der Waals surface area contributed by atoms with Crippen molar-refractivity contribution in [2.24, 2.45) is 0 Å². The molecular weight excluding hydrogens is 248 g/mol. The molecule has 0 radical (unpaired) electrons. The summed E-state index contributed by atoms with van der Waals surface area (Å²) in [5.74, 6) is 0.0413. The maximum atomic E-state index is 11.3. The Balaban J connectivity index is 2.25. The number of nitrogen functional groups attached to an aromatic ring is 1. The fourth-order valence-corrected chi connectivity index (χ4v) is 2.83. The number of aryl methyl sites for hydroxylation is 1. The molecule has 0 saturated carbocycles. The summed E-state index contributed by atoms with van der Waals surface area (Å²) in [5, 5.41) is 12.4. The number of hydrogen-bond donors (Lipinski definition) is 3. The Labute approximate surface area is 111 Å². The molecule has 0 bridgehead atoms. The monoisotopic (exact) mass is 266 g/mol. The molecule has 1 aromatic rings. The summed E-state index contributed by atoms with van der Waals surface area (Å²) >= 11 is 1.56. The smallest absolute Gasteiger partial charge is 0.224 e. The number of aliphatic hydroxyl groups is 1. The number of thioether (sulfide) groups is 1. The molecule has 0 fully saturated rings. The third-order valence-corrected chi connectivity index (χ3v) is 4.50. The fraction of sp³-hybridized carbons (Fsp3) is 0.462. The molecule has 0 aromatic heterocycles. The molecule has 18 heavy (non-hydrogen) atoms. The van der Waals surface area contributed by atoms with Crippen molar-refractivity contribution in [3.05, 3.63) is 17.7 Å². The van der Waals surface area contributed by atoms with Crippen molar-refractivity contribution < 1.29 is 9.90 Å². The van der Waals surface area contributed by atoms with Crippen LogP contribution in [0.25, 0.3) is 0 Å². The van der Waals surface area contributed by atoms with Gasteiger partial charge in [-0.25, -0.2) is 0 Å². The number of benzene rings is 1. The molecular formula is C13H18N2O2S. The summed E-state index contributed by atoms with van der Waals surface area (Å²) in [5.41, 5.74) is 8.56. The number of fused-ring (bicyclic) bond motifs is 1. The molecule has 0 spiro atoms. The van der Waals surface area contributed by atoms with Crippen molar-refractivity contribution in [2.45, 2.75) is 42.9 Å². The van der Waals surface area contributed by atoms with E-state index in [1.165, 1.54) is 0 Å². The number of carbonyl (C=O) groups is 1. The Morgan fingerprint density at radius 2 is 2.11 bits per heavy atom. The molecule has 2 unspecified atom stereocenters. The van der Waals surface area contributed by atoms with Crippen LogP contribution in [0.5, 0.6) is 0 Å². The molecule has 0 aliphatic carbocycles. The molecule has 4 N–H and O–H groups in total. The highest BCUT2D eigenvalue weighted by atomic mass is 32.2. The quantitative estimate of drug-likeness (QED) is 0.578. The zero-order valence-electron chi connectivity index (χ0n) is 10.6. The third kappa shape index (κ3) is 2.79. The normalized spacial score (nSPS) is 17.8. The molecule has 1 heterocycles. The molecule has 1 amide bonds. The predicted octanol–water partition coefficient (Wildman–Crippen LogP) is 2.01. The second-order valence-electron chi connectivity index (χ2n) is 4.66. The van der Waals surface area contributed by atoms with E-state index in [0.717, 1.165) is 22.6 Å². The van der Waals surface area contributed by atoms with Crippen LogP contribution in [-0.4, -0.2) is 22.4 Å². The number of carbonyl (C=O) groups excluding carboxylic acids is 1. The second-order valence-corrected chi connectivity index (χ2v) is 6.08. The van der Waals surface area contributed by atoms with E-state index in [1.54, 1.807) is 18.7 Å². The van der Waals surface area contributed by atoms with E-state index in [9.17, 15) is 9.90 Å². The summed E-state index contributed by atoms with van der Waals surface area (Å²) in [4.78, 5) is 12.3. The molecule has 5 heteroatoms. The highest BCUT2D eigenvalue weighted by Gasteiger charge is 2.18. The van der Waals surface area contributed by atoms with Crippen molar-refractivity contribution in [2.75, 3.05) is 11.1 Å². The molecule has 98 valence electrons. The van der Waals surface area contributed by atoms with Gasteiger partial charge in [0, 0.05) is 27.9 Å². The van der Waals surface area contributed by atoms with E-state index >= 15 is 0 Å². The Bertz CT molecular complexity index is 474. The van der Waals surface area contributed by atoms with E-state index in [4.69, 9.17) is 5.73 Å². The van der Waals surface area contributed by atoms with Gasteiger partial charge in [-0.3, -0.25) is 4.79 Å². The van der Waals surface area contributed by atoms with E-state index < -0.39 is 0 Å². The lowest BCUT2D eigenvalue weighted by molar-refractivity contribution is -0.116. The average molecular weight is 266 g/mol. The van der Waals surface area contributed by atoms with Gasteiger partial charge in [0.05, 0.1) is 6.10 Å². The Morgan fingerprint density at radius 3 is 2.78 bits per heavy atom. The van der Waals surface area contributed by atoms with Crippen molar-refractivity contribution in [1.29, 1.82) is 0 Å². The molecule has 2 rings (SSSR count). The minimum Gasteiger partial charge on any atom is -0.398 e. The lowest BCUT2D eigenvalue weighted by Crippen LogP contribution is -2.19. The Morgan fingerprint density at radius 1 is 1.39 bits per heavy atom. The number of rotatable bonds is 3. The van der Waals surface area contributed by atoms with Gasteiger partial charge in [-0.15, -0.1) is 11.8 Å². The van der Waals surface area contributed by atoms with Crippen LogP contribution >= 0.6 is 11.8 Å². The van der Waals surface area contributed by atoms with Crippen LogP contribution in [-0.2, 0) is 11.2 Å². The zero-order valence-corrected chi connectivity index (χ0v) is 11.4. The minimum absolute atomic E-state index is 0.0413. The number of hydrogen-bond acceptors (Lipinski definition) is 4. The van der Waals surface area contributed by atoms with Crippen molar-refractivity contribution >= 4 is 29.0 Å². The van der Waals surface area contributed by atoms with Gasteiger partial charge >= 0.3 is 0 Å². The van der Waals surface area contributed by atoms with Crippen LogP contribution in [0.4, 0.5) is 11.4 Å². The van der Waals surface area contributed by atoms with Crippen LogP contribution in [0, 0.1) is 0 Å². The first-order chi connectivity index (χ1) is 8.47. The van der Waals surface area contributed by atoms with Crippen molar-refractivity contribution in [3.63, 3.8) is 0 Å². The van der Waals surface area contributed by atoms with Crippen LogP contribution in [0.3, 0.4) is 0 Å². The van der Waals surface area contributed by atoms with Gasteiger partial charge in [0.15, 0.2) is 0 Å². The van der Waals surface area contributed by atoms with Gasteiger partial charge in [0.1, 0.15) is 0 Å². The maximum absolute atomic E-state index is 11.3. The largest absolute Gasteiger partial charge is 0.398 e. The maximum Gasteiger partial charge on any atom is 0.224 e. The van der Waals surface area contributed by atoms with Gasteiger partial charge < -0.3 is 16.2 Å². The lowest BCUT2D eigenvalue weighted by Gasteiger charge is -2.21. The number of nitrogens with one attached hydrogen (secondary N) is 1. The fourth-order valence-electron chi connectivity index (χ4n) is 1.82. The first-order valence-corrected chi connectivity index (χ1v) is 6.92. The van der Waals surface area contributed by atoms with Crippen molar-refractivity contribution in [1.82, 2.24) is 0 Å². The highest BCUT2D eigenvalue weighted by molar-refractivity contribution is 8.00. The van der Waals surface area contributed by atoms with Crippen LogP contribution in [0.1, 0.15) is 25.8 Å². The molecule has 4 nitrogen and oxygen atoms in total. The minimum atomic E-state index is -0.384. The van der Waals surface area contributed by atoms with Gasteiger partial charge in [-0.05, 0) is 31.0 Å². The SMILES string of the molecule is CC(O)C(C)Sc1cc2c(cc1N)NC(=O)CC2. The number of nitrogens with two attached hydrogens (primary N) is 1. The molecule has 1 aromatic carbocycles. The molecule has 2 atom stereocenters. The lowest BCUT2D eigenvalue weighted by atomic mass is 10.0. The summed E-state index contributed by atoms with van der Waals surface area (Å²) in [6, 6.07) is 3.83. The molecule has 1 aliphatic heterocycles. The Kier molecular flexibility index (Phi) is 3.82. The molecule has 1 aliphatic rings. The molecule has 0 saturated heterocycles. The van der Waals surface area contributed by atoms with Gasteiger partial charge in [0.2, 0.25) is 5.91 Å². The number of aliphatic hydroxyl groups excluding tert-OH is 1. The van der Waals surface area contributed by atoms with Crippen LogP contribution in [0.2, 0.25) is 0 Å². The summed E-state index contributed by atoms with van der Waals surface area (Å²) < 4.78 is 0. The average Bonchev–Trinajstić information content (AvgIpc) is 2.30. The number of anilines is 2. The van der Waals surface area contributed by atoms with Gasteiger partial charge in [-0.2, -0.15) is 0 Å². The standard InChI is InChI=1S/C13H18N2O2S/c1-7(16)8(2)18-12-5-9-3-4-13(17)15-11(9)6-10(12)14/h5-8,16H,3-4,14H2,1-2H3,(H,15,17). The first-order valence-electron chi connectivity index (χ1n) is 6.04. The zero-order chi connectivity index (χ0) is 13.3. The Hall–Kier alpha value is -1.20. The van der Waals surface area contributed by atoms with E-state index in [1.807, 2.05) is 19.1 Å². The summed E-state index contributed by atoms with van der Waals surface area (Å²) in [6.07, 6.45) is 0.885. The van der Waals surface area contributed by atoms with Crippen LogP contribution < -0.4 is 11.1 Å². The van der Waals surface area contributed by atoms with E-state index in [2.05, 4.69) is 5.32 Å². The topological polar surface area (TPSA) is 75.3 Å². The van der Waals surface area contributed by atoms with E-state index in [0.29, 0.717) is 12.1 Å². The summed E-state index contributed by atoms with van der Waals surface area (Å²) in [6.45, 7) is 3.74. The third-order valence-electron chi connectivity index (χ3n) is 3.12. The summed E-state index contributed by atoms with van der Waals surface area (Å²) in [7, 11) is 0. The predicted molar refractivity (Wildman–Crippen MR) is 74.8 cm³/mol. The first kappa shape index (κ1) is 13.2.